The summed E-state index contributed by atoms with van der Waals surface area (Å²) in [5.41, 5.74) is 5.39. The molecule has 4 heteroatoms. The Balaban J connectivity index is 4.08. The summed E-state index contributed by atoms with van der Waals surface area (Å²) in [5, 5.41) is 0. The first kappa shape index (κ1) is 12.1. The largest absolute Gasteiger partial charge is 0.337 e. The molecule has 4 nitrogen and oxygen atoms in total. The van der Waals surface area contributed by atoms with E-state index < -0.39 is 6.04 Å². The van der Waals surface area contributed by atoms with Crippen molar-refractivity contribution in [2.45, 2.75) is 26.8 Å². The van der Waals surface area contributed by atoms with Crippen LogP contribution in [0.15, 0.2) is 0 Å². The molecule has 0 spiro atoms. The molecule has 0 aliphatic carbocycles. The summed E-state index contributed by atoms with van der Waals surface area (Å²) in [6.45, 7) is 5.38. The van der Waals surface area contributed by atoms with E-state index in [1.54, 1.807) is 14.0 Å². The normalized spacial score (nSPS) is 12.8. The Morgan fingerprint density at radius 2 is 1.77 bits per heavy atom. The van der Waals surface area contributed by atoms with Crippen molar-refractivity contribution in [3.05, 3.63) is 0 Å². The van der Waals surface area contributed by atoms with Gasteiger partial charge in [0.15, 0.2) is 5.78 Å². The molecule has 0 aromatic rings. The molecule has 0 bridgehead atoms. The Morgan fingerprint density at radius 3 is 2.08 bits per heavy atom. The van der Waals surface area contributed by atoms with Gasteiger partial charge in [-0.3, -0.25) is 9.59 Å². The minimum atomic E-state index is -0.537. The van der Waals surface area contributed by atoms with Crippen LogP contribution in [-0.2, 0) is 9.59 Å². The van der Waals surface area contributed by atoms with Crippen molar-refractivity contribution in [3.8, 4) is 0 Å². The molecular weight excluding hydrogens is 168 g/mol. The van der Waals surface area contributed by atoms with Gasteiger partial charge in [-0.1, -0.05) is 13.8 Å². The number of hydrogen-bond donors (Lipinski definition) is 1. The van der Waals surface area contributed by atoms with Gasteiger partial charge in [-0.15, -0.1) is 0 Å². The number of nitrogens with two attached hydrogens (primary N) is 1. The molecule has 0 aliphatic heterocycles. The van der Waals surface area contributed by atoms with Crippen LogP contribution in [-0.4, -0.2) is 36.2 Å². The number of hydrogen-bond acceptors (Lipinski definition) is 3. The third-order valence-electron chi connectivity index (χ3n) is 1.80. The Labute approximate surface area is 79.1 Å². The molecular formula is C9H18N2O2. The first-order chi connectivity index (χ1) is 5.86. The molecule has 0 heterocycles. The lowest BCUT2D eigenvalue weighted by molar-refractivity contribution is -0.135. The maximum Gasteiger partial charge on any atom is 0.239 e. The lowest BCUT2D eigenvalue weighted by atomic mass is 10.1. The van der Waals surface area contributed by atoms with E-state index in [1.807, 2.05) is 13.8 Å². The minimum Gasteiger partial charge on any atom is -0.337 e. The summed E-state index contributed by atoms with van der Waals surface area (Å²) in [6.07, 6.45) is 0. The van der Waals surface area contributed by atoms with Gasteiger partial charge in [0.25, 0.3) is 0 Å². The highest BCUT2D eigenvalue weighted by Gasteiger charge is 2.17. The molecule has 0 saturated heterocycles. The van der Waals surface area contributed by atoms with Gasteiger partial charge in [0.05, 0.1) is 12.6 Å². The quantitative estimate of drug-likeness (QED) is 0.673. The van der Waals surface area contributed by atoms with Crippen LogP contribution in [0.3, 0.4) is 0 Å². The predicted molar refractivity (Wildman–Crippen MR) is 51.1 cm³/mol. The fraction of sp³-hybridized carbons (Fsp3) is 0.778. The molecule has 0 rings (SSSR count). The summed E-state index contributed by atoms with van der Waals surface area (Å²) in [4.78, 5) is 23.9. The van der Waals surface area contributed by atoms with Gasteiger partial charge in [-0.25, -0.2) is 0 Å². The Morgan fingerprint density at radius 1 is 1.31 bits per heavy atom. The van der Waals surface area contributed by atoms with Gasteiger partial charge in [0.2, 0.25) is 5.91 Å². The minimum absolute atomic E-state index is 0.0386. The standard InChI is InChI=1S/C9H18N2O2/c1-6(2)8(12)5-11(4)9(13)7(3)10/h6-7H,5,10H2,1-4H3. The number of likely N-dealkylation sites (N-methyl/N-ethyl adjacent to an activating group) is 1. The number of ketones is 1. The van der Waals surface area contributed by atoms with Crippen molar-refractivity contribution in [2.75, 3.05) is 13.6 Å². The fourth-order valence-corrected chi connectivity index (χ4v) is 0.842. The third kappa shape index (κ3) is 4.03. The van der Waals surface area contributed by atoms with Crippen LogP contribution in [0, 0.1) is 5.92 Å². The molecule has 0 fully saturated rings. The second kappa shape index (κ2) is 4.97. The van der Waals surface area contributed by atoms with Crippen molar-refractivity contribution in [3.63, 3.8) is 0 Å². The van der Waals surface area contributed by atoms with E-state index in [0.29, 0.717) is 0 Å². The zero-order valence-corrected chi connectivity index (χ0v) is 8.70. The van der Waals surface area contributed by atoms with Crippen molar-refractivity contribution < 1.29 is 9.59 Å². The highest BCUT2D eigenvalue weighted by atomic mass is 16.2. The summed E-state index contributed by atoms with van der Waals surface area (Å²) >= 11 is 0. The number of nitrogens with zero attached hydrogens (tertiary/aromatic N) is 1. The monoisotopic (exact) mass is 186 g/mol. The molecule has 0 saturated carbocycles. The second-order valence-corrected chi connectivity index (χ2v) is 3.60. The summed E-state index contributed by atoms with van der Waals surface area (Å²) in [5.74, 6) is -0.186. The van der Waals surface area contributed by atoms with Crippen LogP contribution < -0.4 is 5.73 Å². The average molecular weight is 186 g/mol. The van der Waals surface area contributed by atoms with E-state index in [0.717, 1.165) is 0 Å². The van der Waals surface area contributed by atoms with E-state index in [9.17, 15) is 9.59 Å². The first-order valence-corrected chi connectivity index (χ1v) is 4.39. The zero-order valence-electron chi connectivity index (χ0n) is 8.70. The van der Waals surface area contributed by atoms with E-state index in [4.69, 9.17) is 5.73 Å². The lowest BCUT2D eigenvalue weighted by Crippen LogP contribution is -2.42. The van der Waals surface area contributed by atoms with E-state index in [2.05, 4.69) is 0 Å². The van der Waals surface area contributed by atoms with E-state index in [-0.39, 0.29) is 24.2 Å². The van der Waals surface area contributed by atoms with Crippen molar-refractivity contribution in [1.82, 2.24) is 4.90 Å². The molecule has 0 radical (unpaired) electrons. The number of carbonyl (C=O) groups is 2. The van der Waals surface area contributed by atoms with Gasteiger partial charge < -0.3 is 10.6 Å². The van der Waals surface area contributed by atoms with E-state index in [1.165, 1.54) is 4.90 Å². The van der Waals surface area contributed by atoms with E-state index >= 15 is 0 Å². The lowest BCUT2D eigenvalue weighted by Gasteiger charge is -2.19. The first-order valence-electron chi connectivity index (χ1n) is 4.39. The highest BCUT2D eigenvalue weighted by Crippen LogP contribution is 1.97. The van der Waals surface area contributed by atoms with Crippen LogP contribution in [0.4, 0.5) is 0 Å². The van der Waals surface area contributed by atoms with Gasteiger partial charge in [0, 0.05) is 13.0 Å². The predicted octanol–water partition coefficient (Wildman–Crippen LogP) is 0.0171. The molecule has 0 aromatic heterocycles. The van der Waals surface area contributed by atoms with Crippen LogP contribution in [0.1, 0.15) is 20.8 Å². The van der Waals surface area contributed by atoms with Crippen molar-refractivity contribution >= 4 is 11.7 Å². The Kier molecular flexibility index (Phi) is 4.62. The smallest absolute Gasteiger partial charge is 0.239 e. The van der Waals surface area contributed by atoms with Crippen LogP contribution in [0.5, 0.6) is 0 Å². The molecule has 0 aliphatic rings. The molecule has 0 aromatic carbocycles. The molecule has 1 atom stereocenters. The Hall–Kier alpha value is -0.900. The molecule has 1 unspecified atom stereocenters. The molecule has 2 N–H and O–H groups in total. The Bertz CT molecular complexity index is 200. The number of Topliss-reactive ketones (excluding diaryl/α,β-unsaturated/α-hetero) is 1. The maximum absolute atomic E-state index is 11.2. The van der Waals surface area contributed by atoms with Gasteiger partial charge >= 0.3 is 0 Å². The SMILES string of the molecule is CC(C)C(=O)CN(C)C(=O)C(C)N. The van der Waals surface area contributed by atoms with Gasteiger partial charge in [-0.05, 0) is 6.92 Å². The number of amides is 1. The van der Waals surface area contributed by atoms with Crippen molar-refractivity contribution in [1.29, 1.82) is 0 Å². The molecule has 13 heavy (non-hydrogen) atoms. The van der Waals surface area contributed by atoms with Gasteiger partial charge in [0.1, 0.15) is 0 Å². The topological polar surface area (TPSA) is 63.4 Å². The zero-order chi connectivity index (χ0) is 10.6. The molecule has 76 valence electrons. The summed E-state index contributed by atoms with van der Waals surface area (Å²) < 4.78 is 0. The summed E-state index contributed by atoms with van der Waals surface area (Å²) in [7, 11) is 1.59. The summed E-state index contributed by atoms with van der Waals surface area (Å²) in [6, 6.07) is -0.537. The number of carbonyl (C=O) groups excluding carboxylic acids is 2. The number of rotatable bonds is 4. The third-order valence-corrected chi connectivity index (χ3v) is 1.80. The van der Waals surface area contributed by atoms with Crippen LogP contribution >= 0.6 is 0 Å². The van der Waals surface area contributed by atoms with Gasteiger partial charge in [-0.2, -0.15) is 0 Å². The average Bonchev–Trinajstić information content (AvgIpc) is 2.02. The highest BCUT2D eigenvalue weighted by molar-refractivity contribution is 5.88. The fourth-order valence-electron chi connectivity index (χ4n) is 0.842. The van der Waals surface area contributed by atoms with Crippen molar-refractivity contribution in [2.24, 2.45) is 11.7 Å². The van der Waals surface area contributed by atoms with Crippen LogP contribution in [0.2, 0.25) is 0 Å². The second-order valence-electron chi connectivity index (χ2n) is 3.60. The van der Waals surface area contributed by atoms with Crippen LogP contribution in [0.25, 0.3) is 0 Å². The molecule has 1 amide bonds. The maximum atomic E-state index is 11.2.